The Hall–Kier alpha value is 0.0834. The predicted octanol–water partition coefficient (Wildman–Crippen LogP) is 6.61. The van der Waals surface area contributed by atoms with E-state index in [2.05, 4.69) is 47.6 Å². The van der Waals surface area contributed by atoms with Gasteiger partial charge < -0.3 is 9.90 Å². The summed E-state index contributed by atoms with van der Waals surface area (Å²) >= 11 is 4.25. The molecule has 0 aromatic carbocycles. The van der Waals surface area contributed by atoms with Crippen molar-refractivity contribution in [1.82, 2.24) is 0 Å². The maximum atomic E-state index is 10.3. The van der Waals surface area contributed by atoms with E-state index in [1.54, 1.807) is 0 Å². The van der Waals surface area contributed by atoms with E-state index in [1.807, 2.05) is 6.08 Å². The molecular weight excluding hydrogens is 442 g/mol. The van der Waals surface area contributed by atoms with Gasteiger partial charge in [-0.05, 0) is 49.9 Å². The first-order valence-electron chi connectivity index (χ1n) is 9.89. The Balaban J connectivity index is 0. The SMILES string of the molecule is C=CCC(O)C1CCC(C)CC1.C=C[CH2-].CC1CCC(C=O)CC1.[Zn+][Br]. The van der Waals surface area contributed by atoms with Crippen molar-refractivity contribution in [2.24, 2.45) is 23.7 Å². The summed E-state index contributed by atoms with van der Waals surface area (Å²) < 4.78 is 0. The van der Waals surface area contributed by atoms with Crippen LogP contribution in [-0.4, -0.2) is 17.5 Å². The fraction of sp³-hybridized carbons (Fsp3) is 0.727. The third kappa shape index (κ3) is 15.2. The van der Waals surface area contributed by atoms with E-state index < -0.39 is 0 Å². The molecule has 148 valence electrons. The number of hydrogen-bond acceptors (Lipinski definition) is 2. The van der Waals surface area contributed by atoms with Crippen LogP contribution in [0.4, 0.5) is 0 Å². The van der Waals surface area contributed by atoms with Crippen molar-refractivity contribution in [3.63, 3.8) is 0 Å². The standard InChI is InChI=1S/C11H20O.C8H14O.C3H5.BrH.Zn/c1-3-4-11(12)10-7-5-9(2)6-8-10;1-7-2-4-8(6-9)5-3-7;1-3-2;;/h3,9-12H,1,4-8H2,2H3;6-8H,2-5H2,1H3;3H,1-2H2;1H;/q;;-1;;+2/p-1. The van der Waals surface area contributed by atoms with Gasteiger partial charge in [0.1, 0.15) is 6.29 Å². The van der Waals surface area contributed by atoms with Gasteiger partial charge in [-0.3, -0.25) is 0 Å². The molecule has 2 aliphatic rings. The van der Waals surface area contributed by atoms with Gasteiger partial charge in [-0.2, -0.15) is 0 Å². The first-order valence-corrected chi connectivity index (χ1v) is 16.8. The minimum absolute atomic E-state index is 0.130. The molecule has 0 aliphatic heterocycles. The van der Waals surface area contributed by atoms with E-state index in [9.17, 15) is 9.90 Å². The third-order valence-corrected chi connectivity index (χ3v) is 5.27. The van der Waals surface area contributed by atoms with Crippen LogP contribution in [0.15, 0.2) is 25.3 Å². The van der Waals surface area contributed by atoms with Crippen molar-refractivity contribution in [2.45, 2.75) is 77.7 Å². The van der Waals surface area contributed by atoms with Crippen LogP contribution >= 0.6 is 13.6 Å². The molecule has 1 unspecified atom stereocenters. The Labute approximate surface area is 179 Å². The van der Waals surface area contributed by atoms with Crippen LogP contribution in [0.1, 0.15) is 71.6 Å². The Morgan fingerprint density at radius 3 is 1.77 bits per heavy atom. The van der Waals surface area contributed by atoms with Crippen LogP contribution in [0.3, 0.4) is 0 Å². The van der Waals surface area contributed by atoms with E-state index in [0.29, 0.717) is 11.8 Å². The average Bonchev–Trinajstić information content (AvgIpc) is 2.66. The van der Waals surface area contributed by atoms with Gasteiger partial charge in [-0.1, -0.05) is 45.6 Å². The first-order chi connectivity index (χ1) is 12.5. The van der Waals surface area contributed by atoms with E-state index in [0.717, 1.165) is 37.4 Å². The summed E-state index contributed by atoms with van der Waals surface area (Å²) in [6, 6.07) is 0. The van der Waals surface area contributed by atoms with Gasteiger partial charge in [0.15, 0.2) is 0 Å². The molecule has 1 atom stereocenters. The predicted molar refractivity (Wildman–Crippen MR) is 114 cm³/mol. The number of halogens is 1. The number of aliphatic hydroxyl groups is 1. The molecule has 0 spiro atoms. The zero-order chi connectivity index (χ0) is 20.4. The second kappa shape index (κ2) is 19.8. The number of carbonyl (C=O) groups excluding carboxylic acids is 1. The Morgan fingerprint density at radius 2 is 1.42 bits per heavy atom. The van der Waals surface area contributed by atoms with Crippen LogP contribution in [0, 0.1) is 30.6 Å². The molecule has 0 amide bonds. The number of hydrogen-bond donors (Lipinski definition) is 1. The molecule has 0 radical (unpaired) electrons. The minimum atomic E-state index is -0.130. The molecule has 4 heteroatoms. The van der Waals surface area contributed by atoms with Gasteiger partial charge in [0.05, 0.1) is 6.10 Å². The van der Waals surface area contributed by atoms with Gasteiger partial charge in [-0.25, -0.2) is 19.6 Å². The molecule has 0 aromatic heterocycles. The molecule has 2 nitrogen and oxygen atoms in total. The molecule has 0 aromatic rings. The number of aliphatic hydroxyl groups excluding tert-OH is 1. The number of aldehydes is 1. The topological polar surface area (TPSA) is 37.3 Å². The zero-order valence-electron chi connectivity index (χ0n) is 17.0. The molecule has 2 rings (SSSR count). The monoisotopic (exact) mass is 478 g/mol. The van der Waals surface area contributed by atoms with Gasteiger partial charge in [0.2, 0.25) is 0 Å². The van der Waals surface area contributed by atoms with E-state index in [4.69, 9.17) is 0 Å². The van der Waals surface area contributed by atoms with Gasteiger partial charge >= 0.3 is 30.0 Å². The molecule has 26 heavy (non-hydrogen) atoms. The Kier molecular flexibility index (Phi) is 21.6. The van der Waals surface area contributed by atoms with Crippen molar-refractivity contribution >= 4 is 19.9 Å². The maximum absolute atomic E-state index is 10.3. The molecule has 2 saturated carbocycles. The number of rotatable bonds is 4. The van der Waals surface area contributed by atoms with Gasteiger partial charge in [0, 0.05) is 5.92 Å². The quantitative estimate of drug-likeness (QED) is 0.213. The van der Waals surface area contributed by atoms with E-state index >= 15 is 0 Å². The molecular formula is C22H39BrO2Zn. The second-order valence-corrected chi connectivity index (χ2v) is 7.56. The van der Waals surface area contributed by atoms with Crippen molar-refractivity contribution in [3.8, 4) is 0 Å². The molecule has 0 bridgehead atoms. The fourth-order valence-corrected chi connectivity index (χ4v) is 3.46. The number of carbonyl (C=O) groups is 1. The van der Waals surface area contributed by atoms with E-state index in [1.165, 1.54) is 60.9 Å². The number of allylic oxidation sites excluding steroid dienone is 1. The first kappa shape index (κ1) is 28.3. The normalized spacial score (nSPS) is 28.4. The van der Waals surface area contributed by atoms with Crippen molar-refractivity contribution in [2.75, 3.05) is 0 Å². The molecule has 0 saturated heterocycles. The van der Waals surface area contributed by atoms with Crippen LogP contribution in [0.25, 0.3) is 0 Å². The summed E-state index contributed by atoms with van der Waals surface area (Å²) in [6.45, 7) is 14.7. The summed E-state index contributed by atoms with van der Waals surface area (Å²) in [4.78, 5) is 10.3. The molecule has 2 aliphatic carbocycles. The van der Waals surface area contributed by atoms with Gasteiger partial charge in [-0.15, -0.1) is 6.58 Å². The second-order valence-electron chi connectivity index (χ2n) is 7.56. The summed E-state index contributed by atoms with van der Waals surface area (Å²) in [5, 5.41) is 9.69. The van der Waals surface area contributed by atoms with Crippen LogP contribution < -0.4 is 0 Å². The fourth-order valence-electron chi connectivity index (χ4n) is 3.46. The summed E-state index contributed by atoms with van der Waals surface area (Å²) in [7, 11) is 0. The summed E-state index contributed by atoms with van der Waals surface area (Å²) in [6.07, 6.45) is 14.8. The van der Waals surface area contributed by atoms with Gasteiger partial charge in [0.25, 0.3) is 0 Å². The van der Waals surface area contributed by atoms with Crippen molar-refractivity contribution in [1.29, 1.82) is 0 Å². The summed E-state index contributed by atoms with van der Waals surface area (Å²) in [5.41, 5.74) is 0. The van der Waals surface area contributed by atoms with Crippen LogP contribution in [-0.2, 0) is 21.1 Å². The summed E-state index contributed by atoms with van der Waals surface area (Å²) in [5.74, 6) is 2.67. The zero-order valence-corrected chi connectivity index (χ0v) is 21.6. The Morgan fingerprint density at radius 1 is 1.04 bits per heavy atom. The average molecular weight is 481 g/mol. The van der Waals surface area contributed by atoms with E-state index in [-0.39, 0.29) is 6.10 Å². The molecule has 1 N–H and O–H groups in total. The van der Waals surface area contributed by atoms with Crippen LogP contribution in [0.5, 0.6) is 0 Å². The van der Waals surface area contributed by atoms with Crippen molar-refractivity contribution < 1.29 is 26.2 Å². The molecule has 0 heterocycles. The molecule has 2 fully saturated rings. The Bertz CT molecular complexity index is 333. The third-order valence-electron chi connectivity index (χ3n) is 5.27. The van der Waals surface area contributed by atoms with Crippen molar-refractivity contribution in [3.05, 3.63) is 32.2 Å². The van der Waals surface area contributed by atoms with Crippen LogP contribution in [0.2, 0.25) is 0 Å².